The normalized spacial score (nSPS) is 22.3. The molecule has 2 N–H and O–H groups in total. The number of anilines is 1. The summed E-state index contributed by atoms with van der Waals surface area (Å²) < 4.78 is 1.90. The number of benzene rings is 2. The van der Waals surface area contributed by atoms with E-state index in [4.69, 9.17) is 0 Å². The number of carbonyl (C=O) groups is 2. The molecule has 7 nitrogen and oxygen atoms in total. The molecule has 2 amide bonds. The fraction of sp³-hybridized carbons (Fsp3) is 0.208. The lowest BCUT2D eigenvalue weighted by atomic mass is 9.74. The molecule has 6 rings (SSSR count). The minimum atomic E-state index is -0.858. The van der Waals surface area contributed by atoms with Crippen LogP contribution in [0.3, 0.4) is 0 Å². The van der Waals surface area contributed by atoms with E-state index in [9.17, 15) is 9.59 Å². The summed E-state index contributed by atoms with van der Waals surface area (Å²) in [5, 5.41) is 4.03. The van der Waals surface area contributed by atoms with Gasteiger partial charge in [0.2, 0.25) is 5.91 Å². The molecule has 154 valence electrons. The van der Waals surface area contributed by atoms with E-state index in [2.05, 4.69) is 15.3 Å². The van der Waals surface area contributed by atoms with Crippen molar-refractivity contribution in [2.75, 3.05) is 11.9 Å². The maximum absolute atomic E-state index is 13.7. The third-order valence-corrected chi connectivity index (χ3v) is 6.75. The number of carbonyl (C=O) groups excluding carboxylic acids is 2. The van der Waals surface area contributed by atoms with Crippen molar-refractivity contribution in [1.82, 2.24) is 19.4 Å². The number of rotatable bonds is 2. The lowest BCUT2D eigenvalue weighted by Crippen LogP contribution is -2.43. The number of aromatic amines is 1. The van der Waals surface area contributed by atoms with Crippen molar-refractivity contribution < 1.29 is 9.59 Å². The predicted octanol–water partition coefficient (Wildman–Crippen LogP) is 3.38. The number of para-hydroxylation sites is 1. The van der Waals surface area contributed by atoms with Crippen molar-refractivity contribution in [2.45, 2.75) is 17.9 Å². The van der Waals surface area contributed by atoms with E-state index in [0.717, 1.165) is 22.2 Å². The van der Waals surface area contributed by atoms with Gasteiger partial charge < -0.3 is 19.8 Å². The molecule has 0 aliphatic carbocycles. The number of aryl methyl sites for hydroxylation is 1. The van der Waals surface area contributed by atoms with Gasteiger partial charge in [-0.15, -0.1) is 0 Å². The molecule has 2 aromatic carbocycles. The molecule has 7 heteroatoms. The molecular weight excluding hydrogens is 390 g/mol. The second kappa shape index (κ2) is 6.31. The Morgan fingerprint density at radius 2 is 2.06 bits per heavy atom. The number of likely N-dealkylation sites (tertiary alicyclic amines) is 1. The fourth-order valence-corrected chi connectivity index (χ4v) is 5.26. The zero-order valence-electron chi connectivity index (χ0n) is 17.0. The Balaban J connectivity index is 1.51. The monoisotopic (exact) mass is 411 g/mol. The number of amides is 2. The Bertz CT molecular complexity index is 1350. The molecule has 1 fully saturated rings. The van der Waals surface area contributed by atoms with Crippen LogP contribution in [0.4, 0.5) is 5.69 Å². The average molecular weight is 411 g/mol. The Kier molecular flexibility index (Phi) is 3.65. The quantitative estimate of drug-likeness (QED) is 0.530. The van der Waals surface area contributed by atoms with E-state index in [1.165, 1.54) is 0 Å². The summed E-state index contributed by atoms with van der Waals surface area (Å²) in [6, 6.07) is 14.9. The molecule has 1 spiro atoms. The summed E-state index contributed by atoms with van der Waals surface area (Å²) in [6.45, 7) is 0.475. The highest BCUT2D eigenvalue weighted by Gasteiger charge is 2.60. The Labute approximate surface area is 178 Å². The van der Waals surface area contributed by atoms with Gasteiger partial charge in [0.15, 0.2) is 0 Å². The van der Waals surface area contributed by atoms with Crippen LogP contribution in [-0.2, 0) is 17.3 Å². The van der Waals surface area contributed by atoms with Crippen LogP contribution in [0.15, 0.2) is 67.1 Å². The molecule has 0 radical (unpaired) electrons. The van der Waals surface area contributed by atoms with Crippen molar-refractivity contribution in [3.05, 3.63) is 84.1 Å². The third-order valence-electron chi connectivity index (χ3n) is 6.75. The molecule has 4 aromatic rings. The highest BCUT2D eigenvalue weighted by atomic mass is 16.2. The van der Waals surface area contributed by atoms with Gasteiger partial charge in [-0.1, -0.05) is 18.2 Å². The van der Waals surface area contributed by atoms with Crippen molar-refractivity contribution in [3.63, 3.8) is 0 Å². The number of aromatic nitrogens is 3. The molecule has 4 heterocycles. The van der Waals surface area contributed by atoms with Crippen molar-refractivity contribution in [3.8, 4) is 0 Å². The summed E-state index contributed by atoms with van der Waals surface area (Å²) >= 11 is 0. The number of nitrogens with one attached hydrogen (secondary N) is 2. The molecular formula is C24H21N5O2. The van der Waals surface area contributed by atoms with Crippen LogP contribution in [0.2, 0.25) is 0 Å². The second-order valence-corrected chi connectivity index (χ2v) is 8.30. The molecule has 0 saturated carbocycles. The number of H-pyrrole nitrogens is 1. The molecule has 2 aliphatic heterocycles. The lowest BCUT2D eigenvalue weighted by molar-refractivity contribution is -0.121. The Morgan fingerprint density at radius 3 is 2.90 bits per heavy atom. The molecule has 2 aromatic heterocycles. The molecule has 2 aliphatic rings. The number of fused-ring (bicyclic) bond motifs is 3. The van der Waals surface area contributed by atoms with E-state index in [1.807, 2.05) is 77.4 Å². The molecule has 2 atom stereocenters. The first-order chi connectivity index (χ1) is 15.1. The molecule has 0 bridgehead atoms. The minimum absolute atomic E-state index is 0.0712. The van der Waals surface area contributed by atoms with Crippen LogP contribution in [0.25, 0.3) is 10.9 Å². The largest absolute Gasteiger partial charge is 0.361 e. The van der Waals surface area contributed by atoms with Gasteiger partial charge in [0.1, 0.15) is 17.3 Å². The summed E-state index contributed by atoms with van der Waals surface area (Å²) in [5.41, 5.74) is 2.48. The number of imidazole rings is 1. The first-order valence-corrected chi connectivity index (χ1v) is 10.4. The number of hydrogen-bond acceptors (Lipinski definition) is 3. The van der Waals surface area contributed by atoms with Crippen LogP contribution in [0.5, 0.6) is 0 Å². The predicted molar refractivity (Wildman–Crippen MR) is 117 cm³/mol. The highest BCUT2D eigenvalue weighted by Crippen LogP contribution is 2.54. The summed E-state index contributed by atoms with van der Waals surface area (Å²) in [6.07, 6.45) is 5.98. The Hall–Kier alpha value is -3.87. The van der Waals surface area contributed by atoms with Crippen molar-refractivity contribution in [1.29, 1.82) is 0 Å². The maximum Gasteiger partial charge on any atom is 0.254 e. The van der Waals surface area contributed by atoms with Gasteiger partial charge >= 0.3 is 0 Å². The van der Waals surface area contributed by atoms with E-state index < -0.39 is 11.5 Å². The van der Waals surface area contributed by atoms with Gasteiger partial charge in [-0.05, 0) is 42.3 Å². The van der Waals surface area contributed by atoms with Gasteiger partial charge in [-0.2, -0.15) is 0 Å². The number of nitrogens with zero attached hydrogens (tertiary/aromatic N) is 3. The molecule has 31 heavy (non-hydrogen) atoms. The molecule has 0 unspecified atom stereocenters. The SMILES string of the molecule is Cn1ccnc1[C@@H]1N(C(=O)c2ccc3[nH]ccc3c2)CC[C@]12C(=O)Nc1ccccc12. The topological polar surface area (TPSA) is 83.0 Å². The standard InChI is InChI=1S/C24H21N5O2/c1-28-13-11-26-21(28)20-24(17-4-2-3-5-19(17)27-23(24)31)9-12-29(20)22(30)16-6-7-18-15(14-16)8-10-25-18/h2-8,10-11,13-14,20,25H,9,12H2,1H3,(H,27,31)/t20-,24+/m0/s1. The number of hydrogen-bond donors (Lipinski definition) is 2. The fourth-order valence-electron chi connectivity index (χ4n) is 5.26. The third kappa shape index (κ3) is 2.37. The summed E-state index contributed by atoms with van der Waals surface area (Å²) in [5.74, 6) is 0.545. The molecule has 1 saturated heterocycles. The average Bonchev–Trinajstić information content (AvgIpc) is 3.54. The maximum atomic E-state index is 13.7. The van der Waals surface area contributed by atoms with Gasteiger partial charge in [-0.25, -0.2) is 4.98 Å². The Morgan fingerprint density at radius 1 is 1.19 bits per heavy atom. The van der Waals surface area contributed by atoms with Crippen molar-refractivity contribution >= 4 is 28.4 Å². The van der Waals surface area contributed by atoms with E-state index in [-0.39, 0.29) is 11.8 Å². The minimum Gasteiger partial charge on any atom is -0.361 e. The van der Waals surface area contributed by atoms with Gasteiger partial charge in [0.05, 0.1) is 0 Å². The zero-order chi connectivity index (χ0) is 21.2. The van der Waals surface area contributed by atoms with Crippen LogP contribution < -0.4 is 5.32 Å². The van der Waals surface area contributed by atoms with Crippen LogP contribution in [0, 0.1) is 0 Å². The summed E-state index contributed by atoms with van der Waals surface area (Å²) in [4.78, 5) is 36.7. The van der Waals surface area contributed by atoms with E-state index in [0.29, 0.717) is 24.4 Å². The first-order valence-electron chi connectivity index (χ1n) is 10.4. The smallest absolute Gasteiger partial charge is 0.254 e. The van der Waals surface area contributed by atoms with Gasteiger partial charge in [-0.3, -0.25) is 9.59 Å². The van der Waals surface area contributed by atoms with E-state index in [1.54, 1.807) is 6.20 Å². The second-order valence-electron chi connectivity index (χ2n) is 8.30. The highest BCUT2D eigenvalue weighted by molar-refractivity contribution is 6.08. The van der Waals surface area contributed by atoms with E-state index >= 15 is 0 Å². The summed E-state index contributed by atoms with van der Waals surface area (Å²) in [7, 11) is 1.90. The lowest BCUT2D eigenvalue weighted by Gasteiger charge is -2.33. The van der Waals surface area contributed by atoms with Crippen LogP contribution in [-0.4, -0.2) is 37.8 Å². The van der Waals surface area contributed by atoms with Crippen molar-refractivity contribution in [2.24, 2.45) is 7.05 Å². The van der Waals surface area contributed by atoms with Crippen LogP contribution in [0.1, 0.15) is 34.2 Å². The van der Waals surface area contributed by atoms with Crippen LogP contribution >= 0.6 is 0 Å². The van der Waals surface area contributed by atoms with Gasteiger partial charge in [0, 0.05) is 54.3 Å². The first kappa shape index (κ1) is 17.9. The zero-order valence-corrected chi connectivity index (χ0v) is 17.0. The van der Waals surface area contributed by atoms with Gasteiger partial charge in [0.25, 0.3) is 5.91 Å².